The number of hydrogen-bond acceptors (Lipinski definition) is 7. The summed E-state index contributed by atoms with van der Waals surface area (Å²) >= 11 is 3.15. The van der Waals surface area contributed by atoms with Crippen LogP contribution < -0.4 is 5.69 Å². The lowest BCUT2D eigenvalue weighted by molar-refractivity contribution is 0.378. The van der Waals surface area contributed by atoms with E-state index in [2.05, 4.69) is 20.3 Å². The minimum absolute atomic E-state index is 0.146. The third-order valence-corrected chi connectivity index (χ3v) is 5.07. The van der Waals surface area contributed by atoms with Crippen molar-refractivity contribution in [3.63, 3.8) is 0 Å². The van der Waals surface area contributed by atoms with Gasteiger partial charge in [0, 0.05) is 18.7 Å². The van der Waals surface area contributed by atoms with Crippen molar-refractivity contribution in [1.82, 2.24) is 24.9 Å². The predicted octanol–water partition coefficient (Wildman–Crippen LogP) is 2.82. The lowest BCUT2D eigenvalue weighted by Crippen LogP contribution is -2.17. The number of aromatic amines is 1. The zero-order valence-corrected chi connectivity index (χ0v) is 14.3. The summed E-state index contributed by atoms with van der Waals surface area (Å²) in [5.41, 5.74) is -0.146. The van der Waals surface area contributed by atoms with E-state index in [0.717, 1.165) is 28.6 Å². The summed E-state index contributed by atoms with van der Waals surface area (Å²) in [6.45, 7) is 2.72. The third kappa shape index (κ3) is 3.91. The zero-order chi connectivity index (χ0) is 16.1. The summed E-state index contributed by atoms with van der Waals surface area (Å²) in [7, 11) is 0. The topological polar surface area (TPSA) is 89.6 Å². The molecule has 0 spiro atoms. The van der Waals surface area contributed by atoms with E-state index in [4.69, 9.17) is 4.52 Å². The smallest absolute Gasteiger partial charge is 0.339 e. The van der Waals surface area contributed by atoms with Crippen molar-refractivity contribution in [2.75, 3.05) is 5.75 Å². The molecule has 0 aliphatic heterocycles. The van der Waals surface area contributed by atoms with Gasteiger partial charge >= 0.3 is 5.69 Å². The molecular formula is C14H17N5O2S2. The van der Waals surface area contributed by atoms with Crippen LogP contribution in [-0.2, 0) is 13.0 Å². The molecule has 3 aromatic rings. The van der Waals surface area contributed by atoms with Crippen molar-refractivity contribution >= 4 is 23.1 Å². The highest BCUT2D eigenvalue weighted by molar-refractivity contribution is 7.99. The van der Waals surface area contributed by atoms with Crippen LogP contribution in [-0.4, -0.2) is 30.7 Å². The molecule has 0 aliphatic carbocycles. The molecule has 7 nitrogen and oxygen atoms in total. The predicted molar refractivity (Wildman–Crippen MR) is 89.8 cm³/mol. The molecular weight excluding hydrogens is 334 g/mol. The molecule has 0 aromatic carbocycles. The summed E-state index contributed by atoms with van der Waals surface area (Å²) < 4.78 is 6.94. The lowest BCUT2D eigenvalue weighted by Gasteiger charge is -2.02. The van der Waals surface area contributed by atoms with Gasteiger partial charge in [-0.1, -0.05) is 29.9 Å². The highest BCUT2D eigenvalue weighted by Gasteiger charge is 2.10. The maximum atomic E-state index is 11.6. The molecule has 0 bridgehead atoms. The van der Waals surface area contributed by atoms with Gasteiger partial charge in [-0.15, -0.1) is 16.4 Å². The van der Waals surface area contributed by atoms with Gasteiger partial charge in [0.05, 0.1) is 4.88 Å². The Kier molecular flexibility index (Phi) is 5.29. The van der Waals surface area contributed by atoms with Gasteiger partial charge in [-0.3, -0.25) is 4.57 Å². The fourth-order valence-electron chi connectivity index (χ4n) is 2.08. The van der Waals surface area contributed by atoms with Crippen LogP contribution in [0.1, 0.15) is 25.7 Å². The van der Waals surface area contributed by atoms with Crippen LogP contribution >= 0.6 is 23.1 Å². The Morgan fingerprint density at radius 2 is 2.39 bits per heavy atom. The molecule has 0 radical (unpaired) electrons. The number of H-pyrrole nitrogens is 1. The summed E-state index contributed by atoms with van der Waals surface area (Å²) in [6, 6.07) is 3.94. The first-order valence-corrected chi connectivity index (χ1v) is 9.29. The number of aryl methyl sites for hydroxylation is 1. The molecule has 3 rings (SSSR count). The number of nitrogens with zero attached hydrogens (tertiary/aromatic N) is 4. The summed E-state index contributed by atoms with van der Waals surface area (Å²) in [5.74, 6) is 2.12. The maximum Gasteiger partial charge on any atom is 0.343 e. The van der Waals surface area contributed by atoms with Crippen molar-refractivity contribution in [1.29, 1.82) is 0 Å². The summed E-state index contributed by atoms with van der Waals surface area (Å²) in [6.07, 6.45) is 2.50. The maximum absolute atomic E-state index is 11.6. The van der Waals surface area contributed by atoms with Gasteiger partial charge in [-0.05, 0) is 24.3 Å². The van der Waals surface area contributed by atoms with Crippen molar-refractivity contribution in [3.05, 3.63) is 33.9 Å². The molecule has 0 atom stereocenters. The normalized spacial score (nSPS) is 11.2. The first kappa shape index (κ1) is 16.0. The molecule has 0 saturated heterocycles. The molecule has 0 saturated carbocycles. The van der Waals surface area contributed by atoms with Gasteiger partial charge < -0.3 is 4.52 Å². The fraction of sp³-hybridized carbons (Fsp3) is 0.429. The highest BCUT2D eigenvalue weighted by Crippen LogP contribution is 2.22. The minimum Gasteiger partial charge on any atom is -0.339 e. The second-order valence-corrected chi connectivity index (χ2v) is 6.91. The van der Waals surface area contributed by atoms with Gasteiger partial charge in [0.25, 0.3) is 0 Å². The van der Waals surface area contributed by atoms with Crippen molar-refractivity contribution in [3.8, 4) is 10.7 Å². The van der Waals surface area contributed by atoms with Crippen LogP contribution in [0.5, 0.6) is 0 Å². The van der Waals surface area contributed by atoms with Crippen molar-refractivity contribution in [2.45, 2.75) is 37.9 Å². The van der Waals surface area contributed by atoms with E-state index in [1.165, 1.54) is 0 Å². The summed E-state index contributed by atoms with van der Waals surface area (Å²) in [4.78, 5) is 17.0. The van der Waals surface area contributed by atoms with Crippen molar-refractivity contribution in [2.24, 2.45) is 0 Å². The Bertz CT molecular complexity index is 790. The number of hydrogen-bond donors (Lipinski definition) is 1. The van der Waals surface area contributed by atoms with E-state index in [1.807, 2.05) is 24.4 Å². The molecule has 9 heteroatoms. The van der Waals surface area contributed by atoms with E-state index < -0.39 is 0 Å². The standard InChI is InChI=1S/C14H17N5O2S2/c1-2-7-19-13(20)16-17-14(19)23-9-4-6-11-15-12(18-21-11)10-5-3-8-22-10/h3,5,8H,2,4,6-7,9H2,1H3,(H,16,20). The molecule has 0 unspecified atom stereocenters. The number of thioether (sulfide) groups is 1. The largest absolute Gasteiger partial charge is 0.343 e. The van der Waals surface area contributed by atoms with Gasteiger partial charge in [0.2, 0.25) is 11.7 Å². The number of thiophene rings is 1. The van der Waals surface area contributed by atoms with E-state index in [-0.39, 0.29) is 5.69 Å². The molecule has 3 heterocycles. The summed E-state index contributed by atoms with van der Waals surface area (Å²) in [5, 5.41) is 13.3. The number of aromatic nitrogens is 5. The zero-order valence-electron chi connectivity index (χ0n) is 12.7. The quantitative estimate of drug-likeness (QED) is 0.496. The molecule has 0 amide bonds. The van der Waals surface area contributed by atoms with Crippen LogP contribution in [0.25, 0.3) is 10.7 Å². The Morgan fingerprint density at radius 3 is 3.17 bits per heavy atom. The molecule has 0 fully saturated rings. The lowest BCUT2D eigenvalue weighted by atomic mass is 10.3. The highest BCUT2D eigenvalue weighted by atomic mass is 32.2. The van der Waals surface area contributed by atoms with E-state index in [1.54, 1.807) is 27.7 Å². The van der Waals surface area contributed by atoms with E-state index in [0.29, 0.717) is 24.7 Å². The molecule has 3 aromatic heterocycles. The molecule has 122 valence electrons. The Balaban J connectivity index is 1.50. The number of nitrogens with one attached hydrogen (secondary N) is 1. The molecule has 23 heavy (non-hydrogen) atoms. The van der Waals surface area contributed by atoms with Gasteiger partial charge in [-0.2, -0.15) is 4.98 Å². The monoisotopic (exact) mass is 351 g/mol. The second-order valence-electron chi connectivity index (χ2n) is 4.90. The first-order chi connectivity index (χ1) is 11.3. The molecule has 1 N–H and O–H groups in total. The van der Waals surface area contributed by atoms with Crippen LogP contribution in [0.2, 0.25) is 0 Å². The Hall–Kier alpha value is -1.87. The van der Waals surface area contributed by atoms with E-state index in [9.17, 15) is 4.79 Å². The van der Waals surface area contributed by atoms with Crippen LogP contribution in [0.15, 0.2) is 32.0 Å². The van der Waals surface area contributed by atoms with Crippen LogP contribution in [0, 0.1) is 0 Å². The van der Waals surface area contributed by atoms with Gasteiger partial charge in [-0.25, -0.2) is 9.89 Å². The van der Waals surface area contributed by atoms with E-state index >= 15 is 0 Å². The van der Waals surface area contributed by atoms with Crippen LogP contribution in [0.3, 0.4) is 0 Å². The first-order valence-electron chi connectivity index (χ1n) is 7.42. The molecule has 0 aliphatic rings. The number of rotatable bonds is 8. The average Bonchev–Trinajstić information content (AvgIpc) is 3.27. The van der Waals surface area contributed by atoms with Crippen molar-refractivity contribution < 1.29 is 4.52 Å². The SMILES string of the molecule is CCCn1c(SCCCc2nc(-c3cccs3)no2)n[nH]c1=O. The van der Waals surface area contributed by atoms with Gasteiger partial charge in [0.15, 0.2) is 5.16 Å². The van der Waals surface area contributed by atoms with Gasteiger partial charge in [0.1, 0.15) is 0 Å². The minimum atomic E-state index is -0.146. The second kappa shape index (κ2) is 7.60. The average molecular weight is 351 g/mol. The van der Waals surface area contributed by atoms with Crippen LogP contribution in [0.4, 0.5) is 0 Å². The Labute approximate surface area is 141 Å². The fourth-order valence-corrected chi connectivity index (χ4v) is 3.64. The third-order valence-electron chi connectivity index (χ3n) is 3.15. The Morgan fingerprint density at radius 1 is 1.48 bits per heavy atom.